The summed E-state index contributed by atoms with van der Waals surface area (Å²) in [6, 6.07) is 14.1. The van der Waals surface area contributed by atoms with Crippen LogP contribution in [0.3, 0.4) is 0 Å². The van der Waals surface area contributed by atoms with Crippen molar-refractivity contribution in [2.75, 3.05) is 20.8 Å². The molecule has 5 nitrogen and oxygen atoms in total. The van der Waals surface area contributed by atoms with E-state index in [1.165, 1.54) is 0 Å². The van der Waals surface area contributed by atoms with Gasteiger partial charge in [-0.1, -0.05) is 36.4 Å². The monoisotopic (exact) mass is 315 g/mol. The average molecular weight is 315 g/mol. The lowest BCUT2D eigenvalue weighted by Gasteiger charge is -2.15. The van der Waals surface area contributed by atoms with Gasteiger partial charge in [0.25, 0.3) is 0 Å². The van der Waals surface area contributed by atoms with Crippen LogP contribution in [-0.4, -0.2) is 31.8 Å². The van der Waals surface area contributed by atoms with E-state index in [0.29, 0.717) is 24.5 Å². The van der Waals surface area contributed by atoms with Gasteiger partial charge in [0.2, 0.25) is 0 Å². The highest BCUT2D eigenvalue weighted by atomic mass is 16.5. The van der Waals surface area contributed by atoms with Crippen molar-refractivity contribution < 1.29 is 19.4 Å². The lowest BCUT2D eigenvalue weighted by Crippen LogP contribution is -2.30. The molecule has 0 saturated carbocycles. The molecule has 0 aliphatic carbocycles. The summed E-state index contributed by atoms with van der Waals surface area (Å²) in [6.07, 6.45) is 0.691. The predicted octanol–water partition coefficient (Wildman–Crippen LogP) is 2.66. The maximum absolute atomic E-state index is 11.4. The molecule has 0 aromatic heterocycles. The van der Waals surface area contributed by atoms with Gasteiger partial charge in [-0.25, -0.2) is 0 Å². The predicted molar refractivity (Wildman–Crippen MR) is 88.1 cm³/mol. The summed E-state index contributed by atoms with van der Waals surface area (Å²) in [4.78, 5) is 11.4. The number of carbonyl (C=O) groups is 1. The van der Waals surface area contributed by atoms with Crippen LogP contribution in [0.25, 0.3) is 0 Å². The molecular formula is C18H21NO4. The number of methoxy groups -OCH3 is 2. The fraction of sp³-hybridized carbons (Fsp3) is 0.278. The molecule has 5 heteroatoms. The maximum Gasteiger partial charge on any atom is 0.325 e. The van der Waals surface area contributed by atoms with Crippen molar-refractivity contribution in [2.24, 2.45) is 0 Å². The number of hydrogen-bond donors (Lipinski definition) is 2. The van der Waals surface area contributed by atoms with E-state index >= 15 is 0 Å². The van der Waals surface area contributed by atoms with Gasteiger partial charge in [0.05, 0.1) is 14.2 Å². The Morgan fingerprint density at radius 1 is 1.09 bits per heavy atom. The zero-order chi connectivity index (χ0) is 16.7. The molecule has 1 atom stereocenters. The van der Waals surface area contributed by atoms with Crippen molar-refractivity contribution in [3.8, 4) is 11.5 Å². The molecule has 0 amide bonds. The largest absolute Gasteiger partial charge is 0.493 e. The van der Waals surface area contributed by atoms with Gasteiger partial charge in [0.15, 0.2) is 11.5 Å². The third-order valence-corrected chi connectivity index (χ3v) is 3.59. The Balaban J connectivity index is 1.99. The summed E-state index contributed by atoms with van der Waals surface area (Å²) in [7, 11) is 3.19. The Labute approximate surface area is 135 Å². The van der Waals surface area contributed by atoms with Crippen LogP contribution in [0.1, 0.15) is 17.2 Å². The first-order valence-corrected chi connectivity index (χ1v) is 7.37. The third kappa shape index (κ3) is 4.47. The molecular weight excluding hydrogens is 294 g/mol. The van der Waals surface area contributed by atoms with Crippen LogP contribution in [-0.2, 0) is 11.2 Å². The van der Waals surface area contributed by atoms with Crippen LogP contribution in [0.4, 0.5) is 0 Å². The van der Waals surface area contributed by atoms with Crippen molar-refractivity contribution in [2.45, 2.75) is 12.5 Å². The minimum Gasteiger partial charge on any atom is -0.493 e. The molecule has 2 aromatic rings. The number of aliphatic carboxylic acids is 1. The van der Waals surface area contributed by atoms with Crippen molar-refractivity contribution in [3.05, 3.63) is 59.7 Å². The SMILES string of the molecule is COc1ccc(CCN[C@@H](C(=O)O)c2ccccc2)cc1OC. The lowest BCUT2D eigenvalue weighted by atomic mass is 10.1. The van der Waals surface area contributed by atoms with Crippen LogP contribution in [0.2, 0.25) is 0 Å². The summed E-state index contributed by atoms with van der Waals surface area (Å²) in [5.74, 6) is 0.461. The number of carboxylic acid groups (broad SMARTS) is 1. The Bertz CT molecular complexity index is 643. The topological polar surface area (TPSA) is 67.8 Å². The fourth-order valence-corrected chi connectivity index (χ4v) is 2.39. The summed E-state index contributed by atoms with van der Waals surface area (Å²) in [6.45, 7) is 0.543. The molecule has 122 valence electrons. The molecule has 0 aliphatic rings. The molecule has 0 unspecified atom stereocenters. The van der Waals surface area contributed by atoms with Crippen molar-refractivity contribution >= 4 is 5.97 Å². The van der Waals surface area contributed by atoms with Crippen LogP contribution >= 0.6 is 0 Å². The second-order valence-corrected chi connectivity index (χ2v) is 5.08. The quantitative estimate of drug-likeness (QED) is 0.784. The summed E-state index contributed by atoms with van der Waals surface area (Å²) >= 11 is 0. The first kappa shape index (κ1) is 16.8. The summed E-state index contributed by atoms with van der Waals surface area (Å²) < 4.78 is 10.5. The van der Waals surface area contributed by atoms with Gasteiger partial charge in [0.1, 0.15) is 6.04 Å². The van der Waals surface area contributed by atoms with Crippen LogP contribution < -0.4 is 14.8 Å². The number of ether oxygens (including phenoxy) is 2. The number of benzene rings is 2. The highest BCUT2D eigenvalue weighted by molar-refractivity contribution is 5.75. The standard InChI is InChI=1S/C18H21NO4/c1-22-15-9-8-13(12-16(15)23-2)10-11-19-17(18(20)21)14-6-4-3-5-7-14/h3-9,12,17,19H,10-11H2,1-2H3,(H,20,21)/t17-/m1/s1. The zero-order valence-corrected chi connectivity index (χ0v) is 13.3. The molecule has 0 spiro atoms. The Kier molecular flexibility index (Phi) is 6.00. The van der Waals surface area contributed by atoms with Gasteiger partial charge in [-0.15, -0.1) is 0 Å². The third-order valence-electron chi connectivity index (χ3n) is 3.59. The molecule has 23 heavy (non-hydrogen) atoms. The van der Waals surface area contributed by atoms with Gasteiger partial charge in [-0.05, 0) is 29.7 Å². The van der Waals surface area contributed by atoms with E-state index in [1.54, 1.807) is 14.2 Å². The van der Waals surface area contributed by atoms with Crippen LogP contribution in [0.15, 0.2) is 48.5 Å². The van der Waals surface area contributed by atoms with Crippen molar-refractivity contribution in [3.63, 3.8) is 0 Å². The van der Waals surface area contributed by atoms with E-state index in [4.69, 9.17) is 9.47 Å². The molecule has 2 N–H and O–H groups in total. The van der Waals surface area contributed by atoms with E-state index in [0.717, 1.165) is 11.1 Å². The highest BCUT2D eigenvalue weighted by Crippen LogP contribution is 2.27. The molecule has 2 rings (SSSR count). The lowest BCUT2D eigenvalue weighted by molar-refractivity contribution is -0.139. The van der Waals surface area contributed by atoms with Gasteiger partial charge in [-0.2, -0.15) is 0 Å². The molecule has 0 heterocycles. The van der Waals surface area contributed by atoms with E-state index < -0.39 is 12.0 Å². The van der Waals surface area contributed by atoms with E-state index in [2.05, 4.69) is 5.32 Å². The molecule has 0 fully saturated rings. The van der Waals surface area contributed by atoms with E-state index in [-0.39, 0.29) is 0 Å². The van der Waals surface area contributed by atoms with Gasteiger partial charge >= 0.3 is 5.97 Å². The number of hydrogen-bond acceptors (Lipinski definition) is 4. The maximum atomic E-state index is 11.4. The minimum absolute atomic E-state index is 0.543. The van der Waals surface area contributed by atoms with E-state index in [1.807, 2.05) is 48.5 Å². The number of rotatable bonds is 8. The Hall–Kier alpha value is -2.53. The van der Waals surface area contributed by atoms with Crippen LogP contribution in [0, 0.1) is 0 Å². The van der Waals surface area contributed by atoms with Crippen molar-refractivity contribution in [1.82, 2.24) is 5.32 Å². The number of carboxylic acids is 1. The van der Waals surface area contributed by atoms with E-state index in [9.17, 15) is 9.90 Å². The van der Waals surface area contributed by atoms with Crippen LogP contribution in [0.5, 0.6) is 11.5 Å². The molecule has 0 bridgehead atoms. The minimum atomic E-state index is -0.886. The molecule has 2 aromatic carbocycles. The first-order chi connectivity index (χ1) is 11.2. The smallest absolute Gasteiger partial charge is 0.325 e. The van der Waals surface area contributed by atoms with Gasteiger partial charge in [-0.3, -0.25) is 4.79 Å². The second kappa shape index (κ2) is 8.19. The second-order valence-electron chi connectivity index (χ2n) is 5.08. The fourth-order valence-electron chi connectivity index (χ4n) is 2.39. The molecule has 0 aliphatic heterocycles. The van der Waals surface area contributed by atoms with Gasteiger partial charge < -0.3 is 19.9 Å². The number of nitrogens with one attached hydrogen (secondary N) is 1. The molecule has 0 radical (unpaired) electrons. The normalized spacial score (nSPS) is 11.7. The molecule has 0 saturated heterocycles. The van der Waals surface area contributed by atoms with Gasteiger partial charge in [0, 0.05) is 6.54 Å². The summed E-state index contributed by atoms with van der Waals surface area (Å²) in [5, 5.41) is 12.5. The van der Waals surface area contributed by atoms with Crippen molar-refractivity contribution in [1.29, 1.82) is 0 Å². The average Bonchev–Trinajstić information content (AvgIpc) is 2.58. The Morgan fingerprint density at radius 3 is 2.39 bits per heavy atom. The summed E-state index contributed by atoms with van der Waals surface area (Å²) in [5.41, 5.74) is 1.79. The zero-order valence-electron chi connectivity index (χ0n) is 13.3. The first-order valence-electron chi connectivity index (χ1n) is 7.37. The Morgan fingerprint density at radius 2 is 1.78 bits per heavy atom. The highest BCUT2D eigenvalue weighted by Gasteiger charge is 2.18.